The van der Waals surface area contributed by atoms with Gasteiger partial charge in [0.15, 0.2) is 0 Å². The molecule has 1 aromatic carbocycles. The highest BCUT2D eigenvalue weighted by atomic mass is 16.5. The molecule has 0 bridgehead atoms. The molecule has 17 heavy (non-hydrogen) atoms. The van der Waals surface area contributed by atoms with Gasteiger partial charge in [-0.1, -0.05) is 18.2 Å². The standard InChI is InChI=1S/C12H12N2O3/c1-7-10(14-11(15)12(16)17-2)8-5-3-4-6-9(8)13-7/h3-6,13H,1-2H3,(H,14,15). The number of aromatic amines is 1. The highest BCUT2D eigenvalue weighted by molar-refractivity contribution is 6.38. The molecule has 0 atom stereocenters. The molecule has 2 rings (SSSR count). The maximum absolute atomic E-state index is 11.4. The second-order valence-corrected chi connectivity index (χ2v) is 3.62. The van der Waals surface area contributed by atoms with E-state index in [0.717, 1.165) is 16.6 Å². The van der Waals surface area contributed by atoms with Crippen LogP contribution >= 0.6 is 0 Å². The number of esters is 1. The predicted molar refractivity (Wildman–Crippen MR) is 63.7 cm³/mol. The number of rotatable bonds is 1. The molecule has 88 valence electrons. The van der Waals surface area contributed by atoms with Crippen molar-refractivity contribution in [3.63, 3.8) is 0 Å². The van der Waals surface area contributed by atoms with Crippen LogP contribution in [-0.4, -0.2) is 24.0 Å². The Hall–Kier alpha value is -2.30. The van der Waals surface area contributed by atoms with Crippen LogP contribution in [0.2, 0.25) is 0 Å². The van der Waals surface area contributed by atoms with E-state index in [4.69, 9.17) is 0 Å². The van der Waals surface area contributed by atoms with Gasteiger partial charge in [0.05, 0.1) is 12.8 Å². The second-order valence-electron chi connectivity index (χ2n) is 3.62. The maximum atomic E-state index is 11.4. The molecule has 0 spiro atoms. The van der Waals surface area contributed by atoms with Gasteiger partial charge in [-0.15, -0.1) is 0 Å². The van der Waals surface area contributed by atoms with E-state index in [9.17, 15) is 9.59 Å². The number of aryl methyl sites for hydroxylation is 1. The molecule has 0 radical (unpaired) electrons. The van der Waals surface area contributed by atoms with E-state index in [2.05, 4.69) is 15.0 Å². The summed E-state index contributed by atoms with van der Waals surface area (Å²) in [5.74, 6) is -1.69. The Balaban J connectivity index is 2.39. The molecule has 1 aromatic heterocycles. The Morgan fingerprint density at radius 3 is 2.71 bits per heavy atom. The monoisotopic (exact) mass is 232 g/mol. The van der Waals surface area contributed by atoms with Crippen LogP contribution < -0.4 is 5.32 Å². The summed E-state index contributed by atoms with van der Waals surface area (Å²) in [5.41, 5.74) is 2.31. The molecule has 1 amide bonds. The largest absolute Gasteiger partial charge is 0.462 e. The van der Waals surface area contributed by atoms with E-state index >= 15 is 0 Å². The van der Waals surface area contributed by atoms with Crippen molar-refractivity contribution < 1.29 is 14.3 Å². The number of hydrogen-bond donors (Lipinski definition) is 2. The van der Waals surface area contributed by atoms with Crippen molar-refractivity contribution in [1.29, 1.82) is 0 Å². The van der Waals surface area contributed by atoms with Gasteiger partial charge in [0.1, 0.15) is 0 Å². The topological polar surface area (TPSA) is 71.2 Å². The summed E-state index contributed by atoms with van der Waals surface area (Å²) in [4.78, 5) is 25.6. The fourth-order valence-corrected chi connectivity index (χ4v) is 1.69. The van der Waals surface area contributed by atoms with Gasteiger partial charge in [-0.3, -0.25) is 4.79 Å². The van der Waals surface area contributed by atoms with E-state index in [1.807, 2.05) is 31.2 Å². The third-order valence-corrected chi connectivity index (χ3v) is 2.50. The van der Waals surface area contributed by atoms with Crippen LogP contribution in [0.15, 0.2) is 24.3 Å². The van der Waals surface area contributed by atoms with Gasteiger partial charge >= 0.3 is 11.9 Å². The van der Waals surface area contributed by atoms with Crippen molar-refractivity contribution in [2.45, 2.75) is 6.92 Å². The Labute approximate surface area is 97.8 Å². The Morgan fingerprint density at radius 1 is 1.29 bits per heavy atom. The molecule has 0 fully saturated rings. The first kappa shape index (κ1) is 11.2. The first-order valence-corrected chi connectivity index (χ1v) is 5.10. The lowest BCUT2D eigenvalue weighted by Crippen LogP contribution is -2.24. The highest BCUT2D eigenvalue weighted by Crippen LogP contribution is 2.26. The van der Waals surface area contributed by atoms with Crippen LogP contribution in [-0.2, 0) is 14.3 Å². The lowest BCUT2D eigenvalue weighted by atomic mass is 10.2. The van der Waals surface area contributed by atoms with Crippen LogP contribution in [0.5, 0.6) is 0 Å². The van der Waals surface area contributed by atoms with Gasteiger partial charge < -0.3 is 15.0 Å². The number of benzene rings is 1. The van der Waals surface area contributed by atoms with Crippen molar-refractivity contribution in [3.8, 4) is 0 Å². The molecule has 0 aliphatic carbocycles. The number of anilines is 1. The molecule has 1 heterocycles. The van der Waals surface area contributed by atoms with Crippen molar-refractivity contribution in [2.24, 2.45) is 0 Å². The highest BCUT2D eigenvalue weighted by Gasteiger charge is 2.17. The smallest absolute Gasteiger partial charge is 0.396 e. The number of carbonyl (C=O) groups excluding carboxylic acids is 2. The molecule has 0 unspecified atom stereocenters. The molecule has 2 aromatic rings. The summed E-state index contributed by atoms with van der Waals surface area (Å²) in [6.45, 7) is 1.83. The molecule has 0 aliphatic rings. The Morgan fingerprint density at radius 2 is 2.00 bits per heavy atom. The number of ether oxygens (including phenoxy) is 1. The van der Waals surface area contributed by atoms with Crippen molar-refractivity contribution in [3.05, 3.63) is 30.0 Å². The number of fused-ring (bicyclic) bond motifs is 1. The zero-order chi connectivity index (χ0) is 12.4. The van der Waals surface area contributed by atoms with E-state index in [1.54, 1.807) is 0 Å². The number of methoxy groups -OCH3 is 1. The molecule has 0 saturated heterocycles. The summed E-state index contributed by atoms with van der Waals surface area (Å²) in [6, 6.07) is 7.52. The minimum absolute atomic E-state index is 0.607. The zero-order valence-corrected chi connectivity index (χ0v) is 9.53. The summed E-state index contributed by atoms with van der Waals surface area (Å²) < 4.78 is 4.35. The lowest BCUT2D eigenvalue weighted by molar-refractivity contribution is -0.150. The van der Waals surface area contributed by atoms with Crippen LogP contribution in [0.25, 0.3) is 10.9 Å². The van der Waals surface area contributed by atoms with Gasteiger partial charge in [0.25, 0.3) is 0 Å². The van der Waals surface area contributed by atoms with Crippen molar-refractivity contribution in [2.75, 3.05) is 12.4 Å². The number of H-pyrrole nitrogens is 1. The average Bonchev–Trinajstić information content (AvgIpc) is 2.65. The molecule has 0 aliphatic heterocycles. The average molecular weight is 232 g/mol. The lowest BCUT2D eigenvalue weighted by Gasteiger charge is -2.03. The van der Waals surface area contributed by atoms with Gasteiger partial charge in [-0.25, -0.2) is 4.79 Å². The summed E-state index contributed by atoms with van der Waals surface area (Å²) in [7, 11) is 1.17. The van der Waals surface area contributed by atoms with Crippen molar-refractivity contribution in [1.82, 2.24) is 4.98 Å². The van der Waals surface area contributed by atoms with E-state index in [0.29, 0.717) is 5.69 Å². The SMILES string of the molecule is COC(=O)C(=O)Nc1c(C)[nH]c2ccccc12. The van der Waals surface area contributed by atoms with Crippen LogP contribution in [0, 0.1) is 6.92 Å². The second kappa shape index (κ2) is 4.29. The molecule has 5 heteroatoms. The number of hydrogen-bond acceptors (Lipinski definition) is 3. The van der Waals surface area contributed by atoms with Crippen LogP contribution in [0.4, 0.5) is 5.69 Å². The Kier molecular flexibility index (Phi) is 2.82. The van der Waals surface area contributed by atoms with Crippen molar-refractivity contribution >= 4 is 28.5 Å². The maximum Gasteiger partial charge on any atom is 0.396 e. The fourth-order valence-electron chi connectivity index (χ4n) is 1.69. The molecule has 5 nitrogen and oxygen atoms in total. The summed E-state index contributed by atoms with van der Waals surface area (Å²) in [6.07, 6.45) is 0. The molecular formula is C12H12N2O3. The van der Waals surface area contributed by atoms with Crippen LogP contribution in [0.3, 0.4) is 0 Å². The van der Waals surface area contributed by atoms with Gasteiger partial charge in [0.2, 0.25) is 0 Å². The minimum Gasteiger partial charge on any atom is -0.462 e. The number of aromatic nitrogens is 1. The Bertz CT molecular complexity index is 586. The van der Waals surface area contributed by atoms with E-state index in [-0.39, 0.29) is 0 Å². The fraction of sp³-hybridized carbons (Fsp3) is 0.167. The summed E-state index contributed by atoms with van der Waals surface area (Å²) >= 11 is 0. The normalized spacial score (nSPS) is 10.2. The van der Waals surface area contributed by atoms with Crippen LogP contribution in [0.1, 0.15) is 5.69 Å². The quantitative estimate of drug-likeness (QED) is 0.579. The first-order chi connectivity index (χ1) is 8.13. The van der Waals surface area contributed by atoms with E-state index in [1.165, 1.54) is 7.11 Å². The summed E-state index contributed by atoms with van der Waals surface area (Å²) in [5, 5.41) is 3.40. The number of amides is 1. The third-order valence-electron chi connectivity index (χ3n) is 2.50. The van der Waals surface area contributed by atoms with E-state index < -0.39 is 11.9 Å². The third kappa shape index (κ3) is 1.99. The zero-order valence-electron chi connectivity index (χ0n) is 9.53. The van der Waals surface area contributed by atoms with Gasteiger partial charge in [0, 0.05) is 16.6 Å². The molecule has 2 N–H and O–H groups in total. The first-order valence-electron chi connectivity index (χ1n) is 5.10. The number of para-hydroxylation sites is 1. The number of carbonyl (C=O) groups is 2. The minimum atomic E-state index is -0.908. The van der Waals surface area contributed by atoms with Gasteiger partial charge in [-0.2, -0.15) is 0 Å². The predicted octanol–water partition coefficient (Wildman–Crippen LogP) is 1.59. The van der Waals surface area contributed by atoms with Gasteiger partial charge in [-0.05, 0) is 13.0 Å². The number of nitrogens with one attached hydrogen (secondary N) is 2. The molecular weight excluding hydrogens is 220 g/mol. The molecule has 0 saturated carbocycles.